The summed E-state index contributed by atoms with van der Waals surface area (Å²) in [5, 5.41) is 12.7. The van der Waals surface area contributed by atoms with Crippen molar-refractivity contribution in [2.45, 2.75) is 5.16 Å². The van der Waals surface area contributed by atoms with Crippen LogP contribution < -0.4 is 5.32 Å². The molecule has 0 unspecified atom stereocenters. The van der Waals surface area contributed by atoms with Crippen molar-refractivity contribution < 1.29 is 14.3 Å². The Morgan fingerprint density at radius 3 is 2.33 bits per heavy atom. The minimum atomic E-state index is -0.431. The molecule has 3 aromatic carbocycles. The van der Waals surface area contributed by atoms with Crippen molar-refractivity contribution in [3.05, 3.63) is 89.4 Å². The third-order valence-electron chi connectivity index (χ3n) is 4.67. The van der Waals surface area contributed by atoms with E-state index in [1.807, 2.05) is 47.0 Å². The van der Waals surface area contributed by atoms with E-state index in [-0.39, 0.29) is 11.7 Å². The number of hydrogen-bond acceptors (Lipinski definition) is 6. The van der Waals surface area contributed by atoms with Crippen LogP contribution in [0.5, 0.6) is 0 Å². The zero-order valence-electron chi connectivity index (χ0n) is 17.6. The van der Waals surface area contributed by atoms with Gasteiger partial charge in [0.25, 0.3) is 0 Å². The number of nitrogens with zero attached hydrogens (tertiary/aromatic N) is 3. The maximum Gasteiger partial charge on any atom is 0.337 e. The largest absolute Gasteiger partial charge is 0.465 e. The van der Waals surface area contributed by atoms with Gasteiger partial charge in [-0.25, -0.2) is 4.79 Å². The van der Waals surface area contributed by atoms with Crippen molar-refractivity contribution in [3.8, 4) is 17.1 Å². The highest BCUT2D eigenvalue weighted by atomic mass is 35.5. The molecule has 7 nitrogen and oxygen atoms in total. The number of esters is 1. The molecule has 166 valence electrons. The van der Waals surface area contributed by atoms with Crippen LogP contribution in [0.1, 0.15) is 10.4 Å². The summed E-state index contributed by atoms with van der Waals surface area (Å²) in [6.07, 6.45) is 0. The monoisotopic (exact) mass is 478 g/mol. The Bertz CT molecular complexity index is 1260. The number of carbonyl (C=O) groups excluding carboxylic acids is 2. The van der Waals surface area contributed by atoms with E-state index in [1.165, 1.54) is 18.9 Å². The summed E-state index contributed by atoms with van der Waals surface area (Å²) in [4.78, 5) is 24.1. The lowest BCUT2D eigenvalue weighted by molar-refractivity contribution is -0.113. The van der Waals surface area contributed by atoms with Crippen LogP contribution in [0.2, 0.25) is 5.02 Å². The maximum absolute atomic E-state index is 12.5. The average Bonchev–Trinajstić information content (AvgIpc) is 3.28. The second kappa shape index (κ2) is 10.3. The second-order valence-corrected chi connectivity index (χ2v) is 8.27. The summed E-state index contributed by atoms with van der Waals surface area (Å²) in [5.41, 5.74) is 2.73. The van der Waals surface area contributed by atoms with Crippen LogP contribution in [0, 0.1) is 0 Å². The first-order chi connectivity index (χ1) is 16.0. The number of hydrogen-bond donors (Lipinski definition) is 1. The Morgan fingerprint density at radius 1 is 0.970 bits per heavy atom. The molecule has 0 atom stereocenters. The van der Waals surface area contributed by atoms with Gasteiger partial charge < -0.3 is 10.1 Å². The van der Waals surface area contributed by atoms with Crippen molar-refractivity contribution in [2.24, 2.45) is 0 Å². The molecule has 0 saturated heterocycles. The van der Waals surface area contributed by atoms with Gasteiger partial charge in [-0.1, -0.05) is 53.7 Å². The highest BCUT2D eigenvalue weighted by molar-refractivity contribution is 7.99. The van der Waals surface area contributed by atoms with Gasteiger partial charge in [-0.3, -0.25) is 9.36 Å². The normalized spacial score (nSPS) is 10.6. The number of aromatic nitrogens is 3. The fraction of sp³-hybridized carbons (Fsp3) is 0.0833. The van der Waals surface area contributed by atoms with E-state index in [0.717, 1.165) is 11.3 Å². The Labute approximate surface area is 199 Å². The van der Waals surface area contributed by atoms with Crippen LogP contribution in [0.15, 0.2) is 84.0 Å². The number of amides is 1. The van der Waals surface area contributed by atoms with Crippen molar-refractivity contribution in [1.82, 2.24) is 14.8 Å². The Balaban J connectivity index is 1.52. The van der Waals surface area contributed by atoms with Gasteiger partial charge in [0.15, 0.2) is 11.0 Å². The summed E-state index contributed by atoms with van der Waals surface area (Å²) in [7, 11) is 1.32. The number of benzene rings is 3. The zero-order valence-corrected chi connectivity index (χ0v) is 19.1. The van der Waals surface area contributed by atoms with E-state index in [9.17, 15) is 9.59 Å². The minimum Gasteiger partial charge on any atom is -0.465 e. The van der Waals surface area contributed by atoms with Crippen LogP contribution in [0.4, 0.5) is 5.69 Å². The first-order valence-corrected chi connectivity index (χ1v) is 11.3. The molecule has 0 spiro atoms. The number of nitrogens with one attached hydrogen (secondary N) is 1. The highest BCUT2D eigenvalue weighted by Gasteiger charge is 2.17. The highest BCUT2D eigenvalue weighted by Crippen LogP contribution is 2.28. The molecule has 0 fully saturated rings. The molecule has 4 aromatic rings. The zero-order chi connectivity index (χ0) is 23.2. The summed E-state index contributed by atoms with van der Waals surface area (Å²) >= 11 is 7.33. The van der Waals surface area contributed by atoms with Gasteiger partial charge in [0.2, 0.25) is 5.91 Å². The molecule has 33 heavy (non-hydrogen) atoms. The van der Waals surface area contributed by atoms with Gasteiger partial charge >= 0.3 is 5.97 Å². The first kappa shape index (κ1) is 22.6. The average molecular weight is 479 g/mol. The molecule has 1 amide bonds. The number of methoxy groups -OCH3 is 1. The van der Waals surface area contributed by atoms with Crippen LogP contribution in [-0.2, 0) is 9.53 Å². The lowest BCUT2D eigenvalue weighted by Crippen LogP contribution is -2.14. The van der Waals surface area contributed by atoms with Crippen molar-refractivity contribution in [1.29, 1.82) is 0 Å². The fourth-order valence-electron chi connectivity index (χ4n) is 3.10. The van der Waals surface area contributed by atoms with Gasteiger partial charge in [0.05, 0.1) is 18.4 Å². The molecule has 1 aromatic heterocycles. The van der Waals surface area contributed by atoms with Crippen molar-refractivity contribution in [3.63, 3.8) is 0 Å². The van der Waals surface area contributed by atoms with Crippen LogP contribution >= 0.6 is 23.4 Å². The SMILES string of the molecule is COC(=O)c1ccc(NC(=O)CSc2nnc(-c3ccccc3)n2-c2ccc(Cl)cc2)cc1. The standard InChI is InChI=1S/C24H19ClN4O3S/c1-32-23(31)17-7-11-19(12-8-17)26-21(30)15-33-24-28-27-22(16-5-3-2-4-6-16)29(24)20-13-9-18(25)10-14-20/h2-14H,15H2,1H3,(H,26,30). The number of rotatable bonds is 7. The quantitative estimate of drug-likeness (QED) is 0.293. The van der Waals surface area contributed by atoms with Gasteiger partial charge in [0, 0.05) is 22.0 Å². The molecule has 9 heteroatoms. The fourth-order valence-corrected chi connectivity index (χ4v) is 3.97. The lowest BCUT2D eigenvalue weighted by atomic mass is 10.2. The van der Waals surface area contributed by atoms with Gasteiger partial charge in [0.1, 0.15) is 0 Å². The maximum atomic E-state index is 12.5. The van der Waals surface area contributed by atoms with E-state index < -0.39 is 5.97 Å². The first-order valence-electron chi connectivity index (χ1n) is 9.93. The smallest absolute Gasteiger partial charge is 0.337 e. The van der Waals surface area contributed by atoms with E-state index in [4.69, 9.17) is 11.6 Å². The molecule has 4 rings (SSSR count). The Morgan fingerprint density at radius 2 is 1.67 bits per heavy atom. The summed E-state index contributed by atoms with van der Waals surface area (Å²) in [5.74, 6) is 0.148. The van der Waals surface area contributed by atoms with E-state index in [0.29, 0.717) is 27.3 Å². The van der Waals surface area contributed by atoms with E-state index >= 15 is 0 Å². The van der Waals surface area contributed by atoms with Crippen LogP contribution in [-0.4, -0.2) is 39.5 Å². The van der Waals surface area contributed by atoms with Gasteiger partial charge in [-0.2, -0.15) is 0 Å². The minimum absolute atomic E-state index is 0.124. The predicted octanol–water partition coefficient (Wildman–Crippen LogP) is 5.11. The second-order valence-electron chi connectivity index (χ2n) is 6.89. The van der Waals surface area contributed by atoms with E-state index in [2.05, 4.69) is 20.3 Å². The van der Waals surface area contributed by atoms with Crippen LogP contribution in [0.25, 0.3) is 17.1 Å². The molecule has 0 bridgehead atoms. The van der Waals surface area contributed by atoms with Gasteiger partial charge in [-0.15, -0.1) is 10.2 Å². The third kappa shape index (κ3) is 5.42. The number of halogens is 1. The summed E-state index contributed by atoms with van der Waals surface area (Å²) in [6, 6.07) is 23.6. The van der Waals surface area contributed by atoms with Crippen molar-refractivity contribution in [2.75, 3.05) is 18.2 Å². The number of ether oxygens (including phenoxy) is 1. The summed E-state index contributed by atoms with van der Waals surface area (Å²) in [6.45, 7) is 0. The van der Waals surface area contributed by atoms with Crippen LogP contribution in [0.3, 0.4) is 0 Å². The predicted molar refractivity (Wildman–Crippen MR) is 129 cm³/mol. The molecule has 1 heterocycles. The van der Waals surface area contributed by atoms with Crippen molar-refractivity contribution >= 4 is 40.9 Å². The molecular weight excluding hydrogens is 460 g/mol. The third-order valence-corrected chi connectivity index (χ3v) is 5.85. The molecular formula is C24H19ClN4O3S. The number of carbonyl (C=O) groups is 2. The molecule has 0 aliphatic rings. The summed E-state index contributed by atoms with van der Waals surface area (Å²) < 4.78 is 6.58. The molecule has 0 radical (unpaired) electrons. The molecule has 0 aliphatic heterocycles. The number of anilines is 1. The van der Waals surface area contributed by atoms with Gasteiger partial charge in [-0.05, 0) is 48.5 Å². The Hall–Kier alpha value is -3.62. The molecule has 0 aliphatic carbocycles. The van der Waals surface area contributed by atoms with E-state index in [1.54, 1.807) is 36.4 Å². The lowest BCUT2D eigenvalue weighted by Gasteiger charge is -2.11. The topological polar surface area (TPSA) is 86.1 Å². The Kier molecular flexibility index (Phi) is 7.07. The molecule has 0 saturated carbocycles. The number of thioether (sulfide) groups is 1. The molecule has 1 N–H and O–H groups in total.